The van der Waals surface area contributed by atoms with Gasteiger partial charge < -0.3 is 10.7 Å². The predicted molar refractivity (Wildman–Crippen MR) is 112 cm³/mol. The fourth-order valence-electron chi connectivity index (χ4n) is 2.73. The highest BCUT2D eigenvalue weighted by Crippen LogP contribution is 2.23. The van der Waals surface area contributed by atoms with Gasteiger partial charge in [-0.3, -0.25) is 4.99 Å². The second-order valence-corrected chi connectivity index (χ2v) is 6.98. The summed E-state index contributed by atoms with van der Waals surface area (Å²) in [6.45, 7) is 0.635. The molecule has 2 aromatic rings. The van der Waals surface area contributed by atoms with Crippen molar-refractivity contribution in [1.82, 2.24) is 9.97 Å². The van der Waals surface area contributed by atoms with Crippen molar-refractivity contribution in [3.63, 3.8) is 0 Å². The molecule has 0 unspecified atom stereocenters. The molecule has 1 aliphatic heterocycles. The Bertz CT molecular complexity index is 836. The molecule has 0 spiro atoms. The van der Waals surface area contributed by atoms with Crippen LogP contribution in [0.15, 0.2) is 65.9 Å². The Kier molecular flexibility index (Phi) is 6.36. The Morgan fingerprint density at radius 2 is 1.92 bits per heavy atom. The molecule has 3 N–H and O–H groups in total. The largest absolute Gasteiger partial charge is 0.335 e. The molecule has 0 aliphatic carbocycles. The van der Waals surface area contributed by atoms with E-state index in [0.717, 1.165) is 40.1 Å². The Balaban J connectivity index is 1.93. The van der Waals surface area contributed by atoms with Crippen LogP contribution in [-0.2, 0) is 6.42 Å². The molecule has 25 heavy (non-hydrogen) atoms. The Morgan fingerprint density at radius 1 is 1.08 bits per heavy atom. The van der Waals surface area contributed by atoms with Gasteiger partial charge >= 0.3 is 0 Å². The van der Waals surface area contributed by atoms with Crippen LogP contribution >= 0.6 is 22.6 Å². The monoisotopic (exact) mass is 444 g/mol. The molecule has 2 heterocycles. The van der Waals surface area contributed by atoms with Crippen molar-refractivity contribution in [3.05, 3.63) is 81.6 Å². The first-order chi connectivity index (χ1) is 12.3. The molecule has 1 aliphatic rings. The summed E-state index contributed by atoms with van der Waals surface area (Å²) in [4.78, 5) is 12.6. The van der Waals surface area contributed by atoms with Crippen LogP contribution in [0.4, 0.5) is 0 Å². The van der Waals surface area contributed by atoms with E-state index in [2.05, 4.69) is 61.8 Å². The zero-order chi connectivity index (χ0) is 17.5. The number of rotatable bonds is 4. The van der Waals surface area contributed by atoms with Crippen molar-refractivity contribution in [2.75, 3.05) is 6.54 Å². The minimum atomic E-state index is 0.635. The molecule has 0 radical (unpaired) electrons. The summed E-state index contributed by atoms with van der Waals surface area (Å²) < 4.78 is 1.03. The van der Waals surface area contributed by atoms with E-state index in [4.69, 9.17) is 5.73 Å². The highest BCUT2D eigenvalue weighted by Gasteiger charge is 2.12. The topological polar surface area (TPSA) is 67.1 Å². The SMILES string of the molecule is NCCc1cccnc(C2=CN=C(c3ccccc3)CC2)[nH]c(I)c1. The summed E-state index contributed by atoms with van der Waals surface area (Å²) in [5.74, 6) is 0.857. The van der Waals surface area contributed by atoms with Crippen LogP contribution in [0.2, 0.25) is 0 Å². The Labute approximate surface area is 161 Å². The van der Waals surface area contributed by atoms with Crippen molar-refractivity contribution < 1.29 is 0 Å². The number of benzene rings is 1. The summed E-state index contributed by atoms with van der Waals surface area (Å²) in [7, 11) is 0. The van der Waals surface area contributed by atoms with Crippen LogP contribution in [0.3, 0.4) is 0 Å². The van der Waals surface area contributed by atoms with Crippen molar-refractivity contribution in [3.8, 4) is 0 Å². The standard InChI is InChI=1S/C20H21IN4/c21-19-13-15(10-11-22)5-4-12-23-20(25-19)17-8-9-18(24-14-17)16-6-2-1-3-7-16/h1-7,12-14H,8-11,22H2,(H,23,25). The molecule has 0 bridgehead atoms. The van der Waals surface area contributed by atoms with Crippen molar-refractivity contribution >= 4 is 33.9 Å². The minimum absolute atomic E-state index is 0.635. The van der Waals surface area contributed by atoms with E-state index < -0.39 is 0 Å². The van der Waals surface area contributed by atoms with Gasteiger partial charge in [0.2, 0.25) is 0 Å². The number of nitrogens with one attached hydrogen (secondary N) is 1. The molecule has 0 amide bonds. The molecule has 0 fully saturated rings. The number of halogens is 1. The molecule has 1 aromatic heterocycles. The van der Waals surface area contributed by atoms with Crippen LogP contribution in [0.1, 0.15) is 29.8 Å². The van der Waals surface area contributed by atoms with Gasteiger partial charge in [0.05, 0.1) is 3.70 Å². The molecule has 0 saturated carbocycles. The molecule has 0 atom stereocenters. The first kappa shape index (κ1) is 17.8. The fraction of sp³-hybridized carbons (Fsp3) is 0.200. The van der Waals surface area contributed by atoms with E-state index >= 15 is 0 Å². The van der Waals surface area contributed by atoms with E-state index in [0.29, 0.717) is 6.54 Å². The average Bonchev–Trinajstić information content (AvgIpc) is 2.73. The van der Waals surface area contributed by atoms with E-state index in [9.17, 15) is 0 Å². The lowest BCUT2D eigenvalue weighted by molar-refractivity contribution is 0.966. The summed E-state index contributed by atoms with van der Waals surface area (Å²) in [6.07, 6.45) is 6.43. The molecule has 3 rings (SSSR count). The molecule has 4 nitrogen and oxygen atoms in total. The van der Waals surface area contributed by atoms with Gasteiger partial charge in [-0.1, -0.05) is 36.4 Å². The smallest absolute Gasteiger partial charge is 0.135 e. The number of nitrogens with two attached hydrogens (primary N) is 1. The lowest BCUT2D eigenvalue weighted by Crippen LogP contribution is -2.06. The Morgan fingerprint density at radius 3 is 2.64 bits per heavy atom. The van der Waals surface area contributed by atoms with Crippen molar-refractivity contribution in [2.45, 2.75) is 19.3 Å². The highest BCUT2D eigenvalue weighted by atomic mass is 127. The highest BCUT2D eigenvalue weighted by molar-refractivity contribution is 14.1. The summed E-state index contributed by atoms with van der Waals surface area (Å²) in [5.41, 5.74) is 10.3. The Hall–Kier alpha value is -1.99. The lowest BCUT2D eigenvalue weighted by atomic mass is 10.00. The van der Waals surface area contributed by atoms with Gasteiger partial charge in [-0.2, -0.15) is 0 Å². The molecule has 1 aromatic carbocycles. The number of aromatic nitrogens is 2. The maximum Gasteiger partial charge on any atom is 0.135 e. The van der Waals surface area contributed by atoms with Crippen LogP contribution in [0.5, 0.6) is 0 Å². The van der Waals surface area contributed by atoms with Crippen LogP contribution in [-0.4, -0.2) is 22.2 Å². The summed E-state index contributed by atoms with van der Waals surface area (Å²) in [6, 6.07) is 16.5. The number of allylic oxidation sites excluding steroid dienone is 1. The van der Waals surface area contributed by atoms with Gasteiger partial charge in [0.15, 0.2) is 0 Å². The van der Waals surface area contributed by atoms with Crippen molar-refractivity contribution in [1.29, 1.82) is 0 Å². The molecule has 128 valence electrons. The maximum atomic E-state index is 5.67. The third-order valence-electron chi connectivity index (χ3n) is 4.00. The number of aromatic amines is 1. The average molecular weight is 444 g/mol. The van der Waals surface area contributed by atoms with E-state index in [1.54, 1.807) is 0 Å². The first-order valence-electron chi connectivity index (χ1n) is 8.35. The number of hydrogen-bond acceptors (Lipinski definition) is 3. The molecular formula is C20H21IN4. The number of nitrogens with zero attached hydrogens (tertiary/aromatic N) is 2. The quantitative estimate of drug-likeness (QED) is 0.692. The number of H-pyrrole nitrogens is 1. The maximum absolute atomic E-state index is 5.67. The molecule has 5 heteroatoms. The van der Waals surface area contributed by atoms with Gasteiger partial charge in [-0.05, 0) is 71.7 Å². The van der Waals surface area contributed by atoms with Gasteiger partial charge in [-0.15, -0.1) is 0 Å². The van der Waals surface area contributed by atoms with Crippen molar-refractivity contribution in [2.24, 2.45) is 10.7 Å². The molecule has 0 saturated heterocycles. The number of aliphatic imine (C=N–C) groups is 1. The van der Waals surface area contributed by atoms with Crippen LogP contribution in [0.25, 0.3) is 5.57 Å². The van der Waals surface area contributed by atoms with Gasteiger partial charge in [0.25, 0.3) is 0 Å². The van der Waals surface area contributed by atoms with E-state index in [1.807, 2.05) is 36.7 Å². The van der Waals surface area contributed by atoms with Gasteiger partial charge in [-0.25, -0.2) is 4.98 Å². The minimum Gasteiger partial charge on any atom is -0.335 e. The van der Waals surface area contributed by atoms with Gasteiger partial charge in [0, 0.05) is 23.7 Å². The summed E-state index contributed by atoms with van der Waals surface area (Å²) >= 11 is 2.29. The zero-order valence-corrected chi connectivity index (χ0v) is 16.1. The predicted octanol–water partition coefficient (Wildman–Crippen LogP) is 4.26. The normalized spacial score (nSPS) is 13.7. The first-order valence-corrected chi connectivity index (χ1v) is 9.43. The number of hydrogen-bond donors (Lipinski definition) is 2. The second kappa shape index (κ2) is 8.92. The van der Waals surface area contributed by atoms with Gasteiger partial charge in [0.1, 0.15) is 5.82 Å². The fourth-order valence-corrected chi connectivity index (χ4v) is 3.38. The third-order valence-corrected chi connectivity index (χ3v) is 4.58. The third kappa shape index (κ3) is 4.99. The lowest BCUT2D eigenvalue weighted by Gasteiger charge is -2.13. The zero-order valence-electron chi connectivity index (χ0n) is 14.0. The van der Waals surface area contributed by atoms with E-state index in [1.165, 1.54) is 11.1 Å². The second-order valence-electron chi connectivity index (χ2n) is 5.81. The summed E-state index contributed by atoms with van der Waals surface area (Å²) in [5, 5.41) is 0. The van der Waals surface area contributed by atoms with Crippen LogP contribution in [0, 0.1) is 3.70 Å². The molecular weight excluding hydrogens is 423 g/mol. The van der Waals surface area contributed by atoms with E-state index in [-0.39, 0.29) is 0 Å². The van der Waals surface area contributed by atoms with Crippen LogP contribution < -0.4 is 5.73 Å².